The number of pyridine rings is 1. The van der Waals surface area contributed by atoms with Gasteiger partial charge in [0.1, 0.15) is 5.01 Å². The number of hydrogen-bond acceptors (Lipinski definition) is 6. The summed E-state index contributed by atoms with van der Waals surface area (Å²) in [5, 5.41) is 5.63. The molecule has 4 rings (SSSR count). The first-order valence-electron chi connectivity index (χ1n) is 7.70. The Bertz CT molecular complexity index is 1040. The summed E-state index contributed by atoms with van der Waals surface area (Å²) in [7, 11) is 3.25. The first-order chi connectivity index (χ1) is 12.2. The lowest BCUT2D eigenvalue weighted by molar-refractivity contribution is 0.355. The molecule has 0 saturated carbocycles. The van der Waals surface area contributed by atoms with Gasteiger partial charge in [0.25, 0.3) is 0 Å². The topological polar surface area (TPSA) is 61.5 Å². The molecule has 0 radical (unpaired) electrons. The van der Waals surface area contributed by atoms with Crippen LogP contribution >= 0.6 is 11.3 Å². The number of imidazole rings is 1. The van der Waals surface area contributed by atoms with E-state index in [0.717, 1.165) is 32.5 Å². The van der Waals surface area contributed by atoms with Crippen molar-refractivity contribution in [1.29, 1.82) is 0 Å². The highest BCUT2D eigenvalue weighted by Gasteiger charge is 2.17. The van der Waals surface area contributed by atoms with E-state index in [1.54, 1.807) is 20.4 Å². The summed E-state index contributed by atoms with van der Waals surface area (Å²) >= 11 is 1.54. The second kappa shape index (κ2) is 6.18. The molecule has 0 bridgehead atoms. The first kappa shape index (κ1) is 15.6. The van der Waals surface area contributed by atoms with Gasteiger partial charge in [-0.05, 0) is 37.3 Å². The van der Waals surface area contributed by atoms with Crippen LogP contribution in [0.25, 0.3) is 26.8 Å². The molecule has 0 unspecified atom stereocenters. The highest BCUT2D eigenvalue weighted by atomic mass is 32.1. The van der Waals surface area contributed by atoms with Crippen LogP contribution in [0, 0.1) is 6.92 Å². The van der Waals surface area contributed by atoms with Crippen molar-refractivity contribution in [3.8, 4) is 33.3 Å². The largest absolute Gasteiger partial charge is 0.493 e. The minimum absolute atomic E-state index is 0.677. The minimum atomic E-state index is 0.677. The molecule has 0 aliphatic heterocycles. The average molecular weight is 352 g/mol. The molecule has 0 spiro atoms. The van der Waals surface area contributed by atoms with E-state index in [1.165, 1.54) is 11.3 Å². The Hall–Kier alpha value is -2.93. The van der Waals surface area contributed by atoms with Crippen LogP contribution < -0.4 is 9.47 Å². The van der Waals surface area contributed by atoms with Crippen molar-refractivity contribution >= 4 is 16.3 Å². The van der Waals surface area contributed by atoms with Gasteiger partial charge >= 0.3 is 0 Å². The Kier molecular flexibility index (Phi) is 3.85. The maximum Gasteiger partial charge on any atom is 0.213 e. The number of fused-ring (bicyclic) bond motifs is 1. The third kappa shape index (κ3) is 2.62. The molecule has 0 atom stereocenters. The lowest BCUT2D eigenvalue weighted by Crippen LogP contribution is -1.93. The van der Waals surface area contributed by atoms with Gasteiger partial charge < -0.3 is 9.47 Å². The summed E-state index contributed by atoms with van der Waals surface area (Å²) in [6, 6.07) is 9.70. The number of methoxy groups -OCH3 is 2. The predicted octanol–water partition coefficient (Wildman–Crippen LogP) is 3.85. The summed E-state index contributed by atoms with van der Waals surface area (Å²) in [4.78, 5) is 9.69. The molecule has 4 aromatic rings. The van der Waals surface area contributed by atoms with Crippen LogP contribution in [-0.4, -0.2) is 33.8 Å². The van der Waals surface area contributed by atoms with Gasteiger partial charge in [-0.15, -0.1) is 0 Å². The highest BCUT2D eigenvalue weighted by molar-refractivity contribution is 7.19. The van der Waals surface area contributed by atoms with Crippen LogP contribution in [0.4, 0.5) is 0 Å². The Labute approximate surface area is 148 Å². The third-order valence-electron chi connectivity index (χ3n) is 3.94. The summed E-state index contributed by atoms with van der Waals surface area (Å²) in [5.74, 6) is 1.37. The van der Waals surface area contributed by atoms with Crippen molar-refractivity contribution in [2.45, 2.75) is 6.92 Å². The molecule has 7 heteroatoms. The predicted molar refractivity (Wildman–Crippen MR) is 97.4 cm³/mol. The molecule has 126 valence electrons. The molecular weight excluding hydrogens is 336 g/mol. The average Bonchev–Trinajstić information content (AvgIpc) is 3.18. The molecule has 25 heavy (non-hydrogen) atoms. The Morgan fingerprint density at radius 2 is 1.88 bits per heavy atom. The molecular formula is C18H16N4O2S. The lowest BCUT2D eigenvalue weighted by Gasteiger charge is -2.08. The quantitative estimate of drug-likeness (QED) is 0.558. The SMILES string of the molecule is COc1ccc(-c2nn3c(-c4cccnc4)c(C)nc3s2)cc1OC. The van der Waals surface area contributed by atoms with Crippen molar-refractivity contribution < 1.29 is 9.47 Å². The summed E-state index contributed by atoms with van der Waals surface area (Å²) in [6.07, 6.45) is 3.58. The lowest BCUT2D eigenvalue weighted by atomic mass is 10.2. The second-order valence-corrected chi connectivity index (χ2v) is 6.41. The smallest absolute Gasteiger partial charge is 0.213 e. The van der Waals surface area contributed by atoms with Crippen molar-refractivity contribution in [3.63, 3.8) is 0 Å². The maximum absolute atomic E-state index is 5.39. The number of benzene rings is 1. The van der Waals surface area contributed by atoms with E-state index in [4.69, 9.17) is 14.6 Å². The number of rotatable bonds is 4. The Morgan fingerprint density at radius 1 is 1.04 bits per heavy atom. The van der Waals surface area contributed by atoms with Crippen LogP contribution in [-0.2, 0) is 0 Å². The molecule has 0 aliphatic carbocycles. The van der Waals surface area contributed by atoms with Crippen molar-refractivity contribution in [3.05, 3.63) is 48.4 Å². The summed E-state index contributed by atoms with van der Waals surface area (Å²) in [6.45, 7) is 1.99. The van der Waals surface area contributed by atoms with E-state index in [1.807, 2.05) is 48.0 Å². The van der Waals surface area contributed by atoms with Gasteiger partial charge in [-0.25, -0.2) is 9.50 Å². The van der Waals surface area contributed by atoms with Gasteiger partial charge in [0.05, 0.1) is 25.6 Å². The second-order valence-electron chi connectivity index (χ2n) is 5.46. The van der Waals surface area contributed by atoms with Gasteiger partial charge in [-0.3, -0.25) is 4.98 Å². The van der Waals surface area contributed by atoms with Gasteiger partial charge in [0.2, 0.25) is 4.96 Å². The van der Waals surface area contributed by atoms with Crippen LogP contribution in [0.2, 0.25) is 0 Å². The standard InChI is InChI=1S/C18H16N4O2S/c1-11-16(13-5-4-8-19-10-13)22-18(20-11)25-17(21-22)12-6-7-14(23-2)15(9-12)24-3/h4-10H,1-3H3. The molecule has 3 heterocycles. The van der Waals surface area contributed by atoms with E-state index in [9.17, 15) is 0 Å². The normalized spacial score (nSPS) is 11.0. The number of aryl methyl sites for hydroxylation is 1. The van der Waals surface area contributed by atoms with Crippen molar-refractivity contribution in [2.24, 2.45) is 0 Å². The van der Waals surface area contributed by atoms with Crippen molar-refractivity contribution in [1.82, 2.24) is 19.6 Å². The number of aromatic nitrogens is 4. The number of nitrogens with zero attached hydrogens (tertiary/aromatic N) is 4. The molecule has 0 aliphatic rings. The fourth-order valence-corrected chi connectivity index (χ4v) is 3.71. The van der Waals surface area contributed by atoms with E-state index in [0.29, 0.717) is 11.5 Å². The van der Waals surface area contributed by atoms with Gasteiger partial charge in [-0.1, -0.05) is 11.3 Å². The van der Waals surface area contributed by atoms with Gasteiger partial charge in [0.15, 0.2) is 11.5 Å². The van der Waals surface area contributed by atoms with Crippen molar-refractivity contribution in [2.75, 3.05) is 14.2 Å². The molecule has 6 nitrogen and oxygen atoms in total. The Morgan fingerprint density at radius 3 is 2.60 bits per heavy atom. The van der Waals surface area contributed by atoms with Crippen LogP contribution in [0.5, 0.6) is 11.5 Å². The number of ether oxygens (including phenoxy) is 2. The zero-order chi connectivity index (χ0) is 17.4. The third-order valence-corrected chi connectivity index (χ3v) is 4.90. The van der Waals surface area contributed by atoms with Crippen LogP contribution in [0.15, 0.2) is 42.7 Å². The monoisotopic (exact) mass is 352 g/mol. The summed E-state index contributed by atoms with van der Waals surface area (Å²) < 4.78 is 12.6. The van der Waals surface area contributed by atoms with Crippen LogP contribution in [0.3, 0.4) is 0 Å². The fourth-order valence-electron chi connectivity index (χ4n) is 2.77. The first-order valence-corrected chi connectivity index (χ1v) is 8.52. The molecule has 0 saturated heterocycles. The molecule has 1 aromatic carbocycles. The zero-order valence-corrected chi connectivity index (χ0v) is 14.9. The van der Waals surface area contributed by atoms with E-state index >= 15 is 0 Å². The zero-order valence-electron chi connectivity index (χ0n) is 14.1. The van der Waals surface area contributed by atoms with E-state index < -0.39 is 0 Å². The van der Waals surface area contributed by atoms with E-state index in [-0.39, 0.29) is 0 Å². The fraction of sp³-hybridized carbons (Fsp3) is 0.167. The van der Waals surface area contributed by atoms with Gasteiger partial charge in [-0.2, -0.15) is 5.10 Å². The van der Waals surface area contributed by atoms with Crippen LogP contribution in [0.1, 0.15) is 5.69 Å². The maximum atomic E-state index is 5.39. The molecule has 3 aromatic heterocycles. The number of hydrogen-bond donors (Lipinski definition) is 0. The summed E-state index contributed by atoms with van der Waals surface area (Å²) in [5.41, 5.74) is 3.86. The van der Waals surface area contributed by atoms with Gasteiger partial charge in [0, 0.05) is 23.5 Å². The highest BCUT2D eigenvalue weighted by Crippen LogP contribution is 2.35. The van der Waals surface area contributed by atoms with E-state index in [2.05, 4.69) is 9.97 Å². The molecule has 0 amide bonds. The Balaban J connectivity index is 1.84. The molecule has 0 fully saturated rings. The minimum Gasteiger partial charge on any atom is -0.493 e. The molecule has 0 N–H and O–H groups in total.